The minimum absolute atomic E-state index is 0.0149. The van der Waals surface area contributed by atoms with E-state index in [0.717, 1.165) is 25.7 Å². The number of likely N-dealkylation sites (tertiary alicyclic amines) is 1. The Hall–Kier alpha value is -2.12. The standard InChI is InChI=1S/C33H59BN4O7Si/c1-21(39)35-16-12-11-15-27(34-44-26-19-22-18-25(32(22,5)6)33(26,7)45-34)37-28(40)24-14-13-17-38(24)29(41)23(20-46(8,9)10)36-30(42)43-31(2,3)4/h22-27H,11-20H2,1-10H3,(H,35,39)(H,36,42)(H,37,40)/t22-,23+,24-,25-,26+,27-,33-/m0/s1. The number of carbonyl (C=O) groups excluding carboxylic acids is 4. The van der Waals surface area contributed by atoms with Crippen LogP contribution in [0.15, 0.2) is 0 Å². The van der Waals surface area contributed by atoms with Gasteiger partial charge in [0.05, 0.1) is 17.6 Å². The summed E-state index contributed by atoms with van der Waals surface area (Å²) < 4.78 is 18.8. The van der Waals surface area contributed by atoms with Crippen molar-refractivity contribution in [2.24, 2.45) is 17.3 Å². The molecular weight excluding hydrogens is 603 g/mol. The van der Waals surface area contributed by atoms with E-state index in [4.69, 9.17) is 14.0 Å². The summed E-state index contributed by atoms with van der Waals surface area (Å²) in [5.41, 5.74) is -0.904. The van der Waals surface area contributed by atoms with Gasteiger partial charge in [0.1, 0.15) is 17.7 Å². The van der Waals surface area contributed by atoms with Crippen LogP contribution in [0.5, 0.6) is 0 Å². The highest BCUT2D eigenvalue weighted by Crippen LogP contribution is 2.65. The zero-order valence-corrected chi connectivity index (χ0v) is 30.9. The van der Waals surface area contributed by atoms with Crippen LogP contribution in [0.25, 0.3) is 0 Å². The first-order valence-corrected chi connectivity index (χ1v) is 21.1. The highest BCUT2D eigenvalue weighted by atomic mass is 28.3. The highest BCUT2D eigenvalue weighted by molar-refractivity contribution is 6.76. The summed E-state index contributed by atoms with van der Waals surface area (Å²) >= 11 is 0. The van der Waals surface area contributed by atoms with Crippen molar-refractivity contribution in [1.29, 1.82) is 0 Å². The van der Waals surface area contributed by atoms with Crippen molar-refractivity contribution >= 4 is 39.0 Å². The van der Waals surface area contributed by atoms with Crippen molar-refractivity contribution in [3.63, 3.8) is 0 Å². The van der Waals surface area contributed by atoms with Crippen LogP contribution in [0.1, 0.15) is 93.4 Å². The molecule has 5 fully saturated rings. The first-order chi connectivity index (χ1) is 21.2. The van der Waals surface area contributed by atoms with Gasteiger partial charge >= 0.3 is 13.2 Å². The number of carbonyl (C=O) groups is 4. The summed E-state index contributed by atoms with van der Waals surface area (Å²) in [5, 5.41) is 8.92. The van der Waals surface area contributed by atoms with Crippen molar-refractivity contribution < 1.29 is 33.2 Å². The fourth-order valence-electron chi connectivity index (χ4n) is 8.15. The Morgan fingerprint density at radius 1 is 1.07 bits per heavy atom. The van der Waals surface area contributed by atoms with Crippen molar-refractivity contribution in [1.82, 2.24) is 20.9 Å². The largest absolute Gasteiger partial charge is 0.481 e. The molecule has 5 rings (SSSR count). The average Bonchev–Trinajstić information content (AvgIpc) is 3.53. The number of hydrogen-bond donors (Lipinski definition) is 3. The lowest BCUT2D eigenvalue weighted by atomic mass is 9.43. The van der Waals surface area contributed by atoms with Gasteiger partial charge in [-0.3, -0.25) is 14.4 Å². The van der Waals surface area contributed by atoms with Gasteiger partial charge in [0.25, 0.3) is 0 Å². The van der Waals surface area contributed by atoms with E-state index in [9.17, 15) is 19.2 Å². The van der Waals surface area contributed by atoms with Crippen molar-refractivity contribution in [3.8, 4) is 0 Å². The maximum atomic E-state index is 14.0. The molecule has 13 heteroatoms. The molecule has 7 atom stereocenters. The molecule has 11 nitrogen and oxygen atoms in total. The van der Waals surface area contributed by atoms with E-state index >= 15 is 0 Å². The number of hydrogen-bond acceptors (Lipinski definition) is 7. The Morgan fingerprint density at radius 2 is 1.76 bits per heavy atom. The molecule has 3 aliphatic carbocycles. The molecule has 4 amide bonds. The lowest BCUT2D eigenvalue weighted by Gasteiger charge is -2.64. The molecule has 0 aromatic heterocycles. The van der Waals surface area contributed by atoms with Crippen LogP contribution >= 0.6 is 0 Å². The summed E-state index contributed by atoms with van der Waals surface area (Å²) in [6.45, 7) is 21.2. The number of rotatable bonds is 12. The number of ether oxygens (including phenoxy) is 1. The smallest absolute Gasteiger partial charge is 0.444 e. The molecule has 3 N–H and O–H groups in total. The predicted octanol–water partition coefficient (Wildman–Crippen LogP) is 4.27. The number of alkyl carbamates (subject to hydrolysis) is 1. The van der Waals surface area contributed by atoms with Gasteiger partial charge < -0.3 is 34.9 Å². The summed E-state index contributed by atoms with van der Waals surface area (Å²) in [5.74, 6) is 0.0761. The van der Waals surface area contributed by atoms with E-state index in [2.05, 4.69) is 56.4 Å². The molecule has 46 heavy (non-hydrogen) atoms. The van der Waals surface area contributed by atoms with Crippen LogP contribution in [0.4, 0.5) is 4.79 Å². The molecule has 0 aromatic carbocycles. The Morgan fingerprint density at radius 3 is 2.37 bits per heavy atom. The average molecular weight is 663 g/mol. The minimum atomic E-state index is -1.79. The van der Waals surface area contributed by atoms with Crippen molar-refractivity contribution in [3.05, 3.63) is 0 Å². The van der Waals surface area contributed by atoms with Gasteiger partial charge in [0.2, 0.25) is 17.7 Å². The molecule has 260 valence electrons. The predicted molar refractivity (Wildman–Crippen MR) is 181 cm³/mol. The highest BCUT2D eigenvalue weighted by Gasteiger charge is 2.68. The quantitative estimate of drug-likeness (QED) is 0.210. The van der Waals surface area contributed by atoms with Crippen molar-refractivity contribution in [2.45, 2.75) is 154 Å². The second-order valence-corrected chi connectivity index (χ2v) is 22.6. The van der Waals surface area contributed by atoms with Crippen LogP contribution in [0, 0.1) is 17.3 Å². The third kappa shape index (κ3) is 8.47. The molecular formula is C33H59BN4O7Si. The number of nitrogens with one attached hydrogen (secondary N) is 3. The molecule has 5 aliphatic rings. The van der Waals surface area contributed by atoms with E-state index < -0.39 is 50.5 Å². The molecule has 2 bridgehead atoms. The molecule has 2 heterocycles. The lowest BCUT2D eigenvalue weighted by Crippen LogP contribution is -2.65. The Labute approximate surface area is 277 Å². The molecule has 2 aliphatic heterocycles. The van der Waals surface area contributed by atoms with Gasteiger partial charge in [-0.15, -0.1) is 0 Å². The third-order valence-corrected chi connectivity index (χ3v) is 12.2. The number of nitrogens with zero attached hydrogens (tertiary/aromatic N) is 1. The maximum absolute atomic E-state index is 14.0. The minimum Gasteiger partial charge on any atom is -0.444 e. The fourth-order valence-corrected chi connectivity index (χ4v) is 9.65. The first kappa shape index (κ1) is 36.7. The van der Waals surface area contributed by atoms with Gasteiger partial charge in [0, 0.05) is 28.1 Å². The molecule has 0 spiro atoms. The number of amides is 4. The van der Waals surface area contributed by atoms with Crippen LogP contribution in [0.2, 0.25) is 25.7 Å². The zero-order chi connectivity index (χ0) is 34.2. The molecule has 0 unspecified atom stereocenters. The Balaban J connectivity index is 1.47. The fraction of sp³-hybridized carbons (Fsp3) is 0.879. The van der Waals surface area contributed by atoms with Gasteiger partial charge in [-0.25, -0.2) is 4.79 Å². The normalized spacial score (nSPS) is 29.7. The van der Waals surface area contributed by atoms with Crippen LogP contribution in [-0.2, 0) is 28.4 Å². The van der Waals surface area contributed by atoms with E-state index in [0.29, 0.717) is 50.2 Å². The second kappa shape index (κ2) is 13.8. The summed E-state index contributed by atoms with van der Waals surface area (Å²) in [4.78, 5) is 53.8. The summed E-state index contributed by atoms with van der Waals surface area (Å²) in [6, 6.07) is -0.876. The van der Waals surface area contributed by atoms with Crippen molar-refractivity contribution in [2.75, 3.05) is 13.1 Å². The third-order valence-electron chi connectivity index (χ3n) is 10.6. The number of unbranched alkanes of at least 4 members (excludes halogenated alkanes) is 1. The second-order valence-electron chi connectivity index (χ2n) is 17.1. The van der Waals surface area contributed by atoms with E-state index in [1.807, 2.05) is 0 Å². The van der Waals surface area contributed by atoms with Crippen LogP contribution in [-0.4, -0.2) is 92.3 Å². The lowest BCUT2D eigenvalue weighted by molar-refractivity contribution is -0.199. The summed E-state index contributed by atoms with van der Waals surface area (Å²) in [7, 11) is -2.38. The van der Waals surface area contributed by atoms with E-state index in [1.54, 1.807) is 25.7 Å². The molecule has 0 aromatic rings. The SMILES string of the molecule is CC(=O)NCCCC[C@H](NC(=O)[C@@H]1CCCN1C(=O)[C@@H](C[Si](C)(C)C)NC(=O)OC(C)(C)C)B1O[C@@H]2C[C@@H]3C[C@@H](C3(C)C)[C@]2(C)O1. The van der Waals surface area contributed by atoms with Gasteiger partial charge in [-0.2, -0.15) is 0 Å². The van der Waals surface area contributed by atoms with Crippen LogP contribution in [0.3, 0.4) is 0 Å². The maximum Gasteiger partial charge on any atom is 0.481 e. The Kier molecular flexibility index (Phi) is 11.0. The Bertz CT molecular complexity index is 1160. The van der Waals surface area contributed by atoms with Gasteiger partial charge in [0.15, 0.2) is 0 Å². The molecule has 2 saturated heterocycles. The molecule has 0 radical (unpaired) electrons. The summed E-state index contributed by atoms with van der Waals surface area (Å²) in [6.07, 6.45) is 4.84. The molecule has 3 saturated carbocycles. The van der Waals surface area contributed by atoms with Crippen LogP contribution < -0.4 is 16.0 Å². The topological polar surface area (TPSA) is 135 Å². The van der Waals surface area contributed by atoms with Gasteiger partial charge in [-0.1, -0.05) is 39.9 Å². The van der Waals surface area contributed by atoms with Gasteiger partial charge in [-0.05, 0) is 89.5 Å². The van der Waals surface area contributed by atoms with E-state index in [1.165, 1.54) is 6.92 Å². The monoisotopic (exact) mass is 662 g/mol. The first-order valence-electron chi connectivity index (χ1n) is 17.4. The zero-order valence-electron chi connectivity index (χ0n) is 29.9. The van der Waals surface area contributed by atoms with E-state index in [-0.39, 0.29) is 29.2 Å².